The molecule has 1 aromatic rings. The van der Waals surface area contributed by atoms with Crippen LogP contribution in [0.25, 0.3) is 0 Å². The predicted octanol–water partition coefficient (Wildman–Crippen LogP) is -1.66. The fourth-order valence-corrected chi connectivity index (χ4v) is 1.37. The minimum absolute atomic E-state index is 0.163. The summed E-state index contributed by atoms with van der Waals surface area (Å²) in [5.41, 5.74) is 5.88. The van der Waals surface area contributed by atoms with Crippen molar-refractivity contribution in [2.24, 2.45) is 5.73 Å². The molecule has 1 rings (SSSR count). The lowest BCUT2D eigenvalue weighted by molar-refractivity contribution is -0.138. The smallest absolute Gasteiger partial charge is 0.325 e. The molecule has 0 radical (unpaired) electrons. The number of carboxylic acid groups (broad SMARTS) is 1. The van der Waals surface area contributed by atoms with E-state index in [0.29, 0.717) is 5.69 Å². The van der Waals surface area contributed by atoms with Crippen LogP contribution in [-0.2, 0) is 27.4 Å². The lowest BCUT2D eigenvalue weighted by atomic mass is 10.2. The van der Waals surface area contributed by atoms with E-state index >= 15 is 0 Å². The Hall–Kier alpha value is -2.00. The van der Waals surface area contributed by atoms with Crippen molar-refractivity contribution in [2.45, 2.75) is 25.6 Å². The van der Waals surface area contributed by atoms with Crippen molar-refractivity contribution in [3.05, 3.63) is 11.9 Å². The normalized spacial score (nSPS) is 12.1. The lowest BCUT2D eigenvalue weighted by Crippen LogP contribution is -2.32. The van der Waals surface area contributed by atoms with Gasteiger partial charge in [0.15, 0.2) is 0 Å². The first-order valence-electron chi connectivity index (χ1n) is 5.65. The number of hydrogen-bond donors (Lipinski definition) is 3. The number of methoxy groups -OCH3 is 1. The molecule has 0 aliphatic carbocycles. The molecule has 0 spiro atoms. The summed E-state index contributed by atoms with van der Waals surface area (Å²) in [6, 6.07) is 0. The molecule has 9 nitrogen and oxygen atoms in total. The SMILES string of the molecule is COC(CN)CC(=O)NCc1cn(CC(=O)O)nn1. The van der Waals surface area contributed by atoms with Gasteiger partial charge in [-0.25, -0.2) is 4.68 Å². The molecule has 1 heterocycles. The monoisotopic (exact) mass is 271 g/mol. The molecule has 0 saturated heterocycles. The van der Waals surface area contributed by atoms with Crippen LogP contribution in [0, 0.1) is 0 Å². The third kappa shape index (κ3) is 5.44. The van der Waals surface area contributed by atoms with E-state index in [4.69, 9.17) is 15.6 Å². The van der Waals surface area contributed by atoms with E-state index in [1.165, 1.54) is 18.0 Å². The van der Waals surface area contributed by atoms with E-state index in [-0.39, 0.29) is 38.1 Å². The molecule has 0 bridgehead atoms. The first-order valence-corrected chi connectivity index (χ1v) is 5.65. The number of nitrogens with two attached hydrogens (primary N) is 1. The number of ether oxygens (including phenoxy) is 1. The van der Waals surface area contributed by atoms with Gasteiger partial charge >= 0.3 is 5.97 Å². The Morgan fingerprint density at radius 3 is 2.95 bits per heavy atom. The molecule has 9 heteroatoms. The molecule has 0 saturated carbocycles. The van der Waals surface area contributed by atoms with Crippen molar-refractivity contribution < 1.29 is 19.4 Å². The second kappa shape index (κ2) is 7.44. The highest BCUT2D eigenvalue weighted by Crippen LogP contribution is 1.97. The zero-order valence-corrected chi connectivity index (χ0v) is 10.6. The number of aliphatic carboxylic acids is 1. The maximum absolute atomic E-state index is 11.5. The van der Waals surface area contributed by atoms with Gasteiger partial charge in [0.2, 0.25) is 5.91 Å². The van der Waals surface area contributed by atoms with E-state index < -0.39 is 5.97 Å². The van der Waals surface area contributed by atoms with Crippen LogP contribution in [0.4, 0.5) is 0 Å². The lowest BCUT2D eigenvalue weighted by Gasteiger charge is -2.11. The van der Waals surface area contributed by atoms with E-state index in [1.807, 2.05) is 0 Å². The summed E-state index contributed by atoms with van der Waals surface area (Å²) in [6.07, 6.45) is 1.31. The van der Waals surface area contributed by atoms with Gasteiger partial charge in [-0.15, -0.1) is 5.10 Å². The molecule has 0 aromatic carbocycles. The third-order valence-electron chi connectivity index (χ3n) is 2.36. The topological polar surface area (TPSA) is 132 Å². The van der Waals surface area contributed by atoms with Crippen LogP contribution in [-0.4, -0.2) is 51.7 Å². The third-order valence-corrected chi connectivity index (χ3v) is 2.36. The van der Waals surface area contributed by atoms with Crippen molar-refractivity contribution in [3.8, 4) is 0 Å². The first-order chi connectivity index (χ1) is 9.05. The Balaban J connectivity index is 2.37. The molecule has 0 aliphatic heterocycles. The maximum Gasteiger partial charge on any atom is 0.325 e. The van der Waals surface area contributed by atoms with Gasteiger partial charge in [-0.3, -0.25) is 9.59 Å². The summed E-state index contributed by atoms with van der Waals surface area (Å²) >= 11 is 0. The molecule has 4 N–H and O–H groups in total. The molecule has 1 unspecified atom stereocenters. The Morgan fingerprint density at radius 1 is 1.63 bits per heavy atom. The molecule has 0 aliphatic rings. The summed E-state index contributed by atoms with van der Waals surface area (Å²) in [6.45, 7) is 0.179. The van der Waals surface area contributed by atoms with Crippen molar-refractivity contribution >= 4 is 11.9 Å². The quantitative estimate of drug-likeness (QED) is 0.515. The van der Waals surface area contributed by atoms with E-state index in [2.05, 4.69) is 15.6 Å². The molecule has 1 amide bonds. The van der Waals surface area contributed by atoms with Crippen molar-refractivity contribution in [3.63, 3.8) is 0 Å². The number of carbonyl (C=O) groups is 2. The minimum Gasteiger partial charge on any atom is -0.480 e. The Morgan fingerprint density at radius 2 is 2.37 bits per heavy atom. The molecule has 106 valence electrons. The van der Waals surface area contributed by atoms with Gasteiger partial charge in [-0.2, -0.15) is 0 Å². The highest BCUT2D eigenvalue weighted by Gasteiger charge is 2.12. The number of carbonyl (C=O) groups excluding carboxylic acids is 1. The van der Waals surface area contributed by atoms with Crippen LogP contribution in [0.2, 0.25) is 0 Å². The van der Waals surface area contributed by atoms with Crippen LogP contribution < -0.4 is 11.1 Å². The van der Waals surface area contributed by atoms with E-state index in [1.54, 1.807) is 0 Å². The van der Waals surface area contributed by atoms with Crippen LogP contribution in [0.5, 0.6) is 0 Å². The number of hydrogen-bond acceptors (Lipinski definition) is 6. The van der Waals surface area contributed by atoms with Gasteiger partial charge in [0.1, 0.15) is 12.2 Å². The van der Waals surface area contributed by atoms with E-state index in [9.17, 15) is 9.59 Å². The fraction of sp³-hybridized carbons (Fsp3) is 0.600. The zero-order valence-electron chi connectivity index (χ0n) is 10.6. The highest BCUT2D eigenvalue weighted by atomic mass is 16.5. The summed E-state index contributed by atoms with van der Waals surface area (Å²) in [5.74, 6) is -1.23. The standard InChI is InChI=1S/C10H17N5O4/c1-19-8(3-11)2-9(16)12-4-7-5-15(14-13-7)6-10(17)18/h5,8H,2-4,6,11H2,1H3,(H,12,16)(H,17,18). The van der Waals surface area contributed by atoms with Gasteiger partial charge in [0.25, 0.3) is 0 Å². The molecular formula is C10H17N5O4. The van der Waals surface area contributed by atoms with E-state index in [0.717, 1.165) is 0 Å². The highest BCUT2D eigenvalue weighted by molar-refractivity contribution is 5.76. The summed E-state index contributed by atoms with van der Waals surface area (Å²) in [7, 11) is 1.49. The predicted molar refractivity (Wildman–Crippen MR) is 64.0 cm³/mol. The zero-order chi connectivity index (χ0) is 14.3. The number of aromatic nitrogens is 3. The molecule has 1 atom stereocenters. The minimum atomic E-state index is -1.01. The fourth-order valence-electron chi connectivity index (χ4n) is 1.37. The Bertz CT molecular complexity index is 429. The van der Waals surface area contributed by atoms with Gasteiger partial charge in [-0.1, -0.05) is 5.21 Å². The second-order valence-electron chi connectivity index (χ2n) is 3.88. The average molecular weight is 271 g/mol. The Kier molecular flexibility index (Phi) is 5.90. The Labute approximate surface area is 109 Å². The van der Waals surface area contributed by atoms with Crippen LogP contribution >= 0.6 is 0 Å². The largest absolute Gasteiger partial charge is 0.480 e. The van der Waals surface area contributed by atoms with Crippen LogP contribution in [0.15, 0.2) is 6.20 Å². The number of nitrogens with zero attached hydrogens (tertiary/aromatic N) is 3. The second-order valence-corrected chi connectivity index (χ2v) is 3.88. The molecule has 0 fully saturated rings. The van der Waals surface area contributed by atoms with Crippen LogP contribution in [0.1, 0.15) is 12.1 Å². The summed E-state index contributed by atoms with van der Waals surface area (Å²) in [5, 5.41) is 18.5. The molecule has 19 heavy (non-hydrogen) atoms. The number of carboxylic acids is 1. The first kappa shape index (κ1) is 15.1. The van der Waals surface area contributed by atoms with Gasteiger partial charge in [0, 0.05) is 13.7 Å². The molecular weight excluding hydrogens is 254 g/mol. The number of rotatable bonds is 8. The van der Waals surface area contributed by atoms with Gasteiger partial charge < -0.3 is 20.9 Å². The van der Waals surface area contributed by atoms with Crippen molar-refractivity contribution in [1.82, 2.24) is 20.3 Å². The average Bonchev–Trinajstić information content (AvgIpc) is 2.80. The number of amides is 1. The summed E-state index contributed by atoms with van der Waals surface area (Å²) < 4.78 is 6.17. The van der Waals surface area contributed by atoms with Crippen LogP contribution in [0.3, 0.4) is 0 Å². The van der Waals surface area contributed by atoms with Gasteiger partial charge in [0.05, 0.1) is 25.3 Å². The maximum atomic E-state index is 11.5. The van der Waals surface area contributed by atoms with Crippen molar-refractivity contribution in [2.75, 3.05) is 13.7 Å². The van der Waals surface area contributed by atoms with Gasteiger partial charge in [-0.05, 0) is 0 Å². The van der Waals surface area contributed by atoms with Crippen molar-refractivity contribution in [1.29, 1.82) is 0 Å². The number of nitrogens with one attached hydrogen (secondary N) is 1. The summed E-state index contributed by atoms with van der Waals surface area (Å²) in [4.78, 5) is 22.0. The molecule has 1 aromatic heterocycles.